The Morgan fingerprint density at radius 2 is 1.69 bits per heavy atom. The molecule has 16 heavy (non-hydrogen) atoms. The summed E-state index contributed by atoms with van der Waals surface area (Å²) < 4.78 is 0. The van der Waals surface area contributed by atoms with E-state index in [0.717, 1.165) is 0 Å². The first-order chi connectivity index (χ1) is 7.47. The van der Waals surface area contributed by atoms with Gasteiger partial charge in [0.1, 0.15) is 0 Å². The summed E-state index contributed by atoms with van der Waals surface area (Å²) in [5, 5.41) is 3.44. The Morgan fingerprint density at radius 1 is 1.06 bits per heavy atom. The van der Waals surface area contributed by atoms with E-state index in [-0.39, 0.29) is 0 Å². The van der Waals surface area contributed by atoms with Crippen LogP contribution in [0.25, 0.3) is 0 Å². The van der Waals surface area contributed by atoms with Crippen molar-refractivity contribution >= 4 is 0 Å². The third-order valence-corrected chi connectivity index (χ3v) is 3.51. The molecule has 0 spiro atoms. The highest BCUT2D eigenvalue weighted by Gasteiger charge is 2.21. The SMILES string of the molecule is CNC(C(C)C)C(C)c1ccc(C)cc1C. The maximum Gasteiger partial charge on any atom is 0.0153 e. The molecule has 0 fully saturated rings. The van der Waals surface area contributed by atoms with Crippen molar-refractivity contribution in [1.82, 2.24) is 5.32 Å². The van der Waals surface area contributed by atoms with Crippen LogP contribution in [0, 0.1) is 19.8 Å². The number of nitrogens with one attached hydrogen (secondary N) is 1. The molecule has 2 atom stereocenters. The molecule has 1 rings (SSSR count). The van der Waals surface area contributed by atoms with E-state index in [1.54, 1.807) is 0 Å². The maximum atomic E-state index is 3.44. The molecule has 0 aliphatic heterocycles. The molecule has 90 valence electrons. The van der Waals surface area contributed by atoms with Crippen molar-refractivity contribution in [2.24, 2.45) is 5.92 Å². The fourth-order valence-electron chi connectivity index (χ4n) is 2.69. The van der Waals surface area contributed by atoms with Gasteiger partial charge in [0.05, 0.1) is 0 Å². The largest absolute Gasteiger partial charge is 0.316 e. The summed E-state index contributed by atoms with van der Waals surface area (Å²) in [6.45, 7) is 11.2. The summed E-state index contributed by atoms with van der Waals surface area (Å²) in [7, 11) is 2.06. The minimum Gasteiger partial charge on any atom is -0.316 e. The molecule has 0 saturated heterocycles. The van der Waals surface area contributed by atoms with Gasteiger partial charge in [-0.2, -0.15) is 0 Å². The van der Waals surface area contributed by atoms with Gasteiger partial charge in [0.25, 0.3) is 0 Å². The number of hydrogen-bond donors (Lipinski definition) is 1. The Kier molecular flexibility index (Phi) is 4.55. The third kappa shape index (κ3) is 2.85. The molecule has 2 unspecified atom stereocenters. The van der Waals surface area contributed by atoms with Crippen LogP contribution in [0.4, 0.5) is 0 Å². The molecule has 1 aromatic carbocycles. The minimum atomic E-state index is 0.543. The van der Waals surface area contributed by atoms with Crippen LogP contribution < -0.4 is 5.32 Å². The predicted molar refractivity (Wildman–Crippen MR) is 72.0 cm³/mol. The molecule has 0 heterocycles. The molecule has 0 bridgehead atoms. The van der Waals surface area contributed by atoms with E-state index in [4.69, 9.17) is 0 Å². The number of aryl methyl sites for hydroxylation is 2. The van der Waals surface area contributed by atoms with Gasteiger partial charge in [0.15, 0.2) is 0 Å². The summed E-state index contributed by atoms with van der Waals surface area (Å²) in [5.74, 6) is 1.21. The van der Waals surface area contributed by atoms with Crippen molar-refractivity contribution < 1.29 is 0 Å². The molecule has 0 aliphatic rings. The van der Waals surface area contributed by atoms with Gasteiger partial charge in [-0.05, 0) is 43.9 Å². The maximum absolute atomic E-state index is 3.44. The van der Waals surface area contributed by atoms with Gasteiger partial charge in [0, 0.05) is 6.04 Å². The monoisotopic (exact) mass is 219 g/mol. The highest BCUT2D eigenvalue weighted by atomic mass is 14.9. The van der Waals surface area contributed by atoms with Crippen molar-refractivity contribution in [3.63, 3.8) is 0 Å². The summed E-state index contributed by atoms with van der Waals surface area (Å²) in [4.78, 5) is 0. The van der Waals surface area contributed by atoms with Crippen LogP contribution in [0.2, 0.25) is 0 Å². The lowest BCUT2D eigenvalue weighted by atomic mass is 9.84. The molecular weight excluding hydrogens is 194 g/mol. The zero-order valence-electron chi connectivity index (χ0n) is 11.5. The first kappa shape index (κ1) is 13.2. The average molecular weight is 219 g/mol. The summed E-state index contributed by atoms with van der Waals surface area (Å²) in [6.07, 6.45) is 0. The van der Waals surface area contributed by atoms with Crippen LogP contribution in [0.5, 0.6) is 0 Å². The molecule has 0 radical (unpaired) electrons. The van der Waals surface area contributed by atoms with Gasteiger partial charge in [-0.25, -0.2) is 0 Å². The normalized spacial score (nSPS) is 15.2. The van der Waals surface area contributed by atoms with E-state index >= 15 is 0 Å². The van der Waals surface area contributed by atoms with E-state index in [1.165, 1.54) is 16.7 Å². The van der Waals surface area contributed by atoms with Crippen LogP contribution in [0.15, 0.2) is 18.2 Å². The van der Waals surface area contributed by atoms with E-state index in [0.29, 0.717) is 17.9 Å². The van der Waals surface area contributed by atoms with Crippen LogP contribution in [-0.2, 0) is 0 Å². The quantitative estimate of drug-likeness (QED) is 0.815. The average Bonchev–Trinajstić information content (AvgIpc) is 2.17. The Balaban J connectivity index is 2.99. The van der Waals surface area contributed by atoms with Crippen LogP contribution >= 0.6 is 0 Å². The molecule has 0 amide bonds. The minimum absolute atomic E-state index is 0.543. The van der Waals surface area contributed by atoms with E-state index in [1.807, 2.05) is 0 Å². The Labute approximate surface area is 100 Å². The summed E-state index contributed by atoms with van der Waals surface area (Å²) >= 11 is 0. The first-order valence-electron chi connectivity index (χ1n) is 6.21. The molecule has 0 aromatic heterocycles. The fourth-order valence-corrected chi connectivity index (χ4v) is 2.69. The van der Waals surface area contributed by atoms with Crippen LogP contribution in [0.3, 0.4) is 0 Å². The van der Waals surface area contributed by atoms with Crippen molar-refractivity contribution in [3.8, 4) is 0 Å². The number of likely N-dealkylation sites (N-methyl/N-ethyl adjacent to an activating group) is 1. The predicted octanol–water partition coefficient (Wildman–Crippen LogP) is 3.65. The molecular formula is C15H25N. The molecule has 0 saturated carbocycles. The van der Waals surface area contributed by atoms with Gasteiger partial charge < -0.3 is 5.32 Å². The lowest BCUT2D eigenvalue weighted by Gasteiger charge is -2.28. The molecule has 0 aliphatic carbocycles. The van der Waals surface area contributed by atoms with Gasteiger partial charge in [0.2, 0.25) is 0 Å². The molecule has 1 heteroatoms. The summed E-state index contributed by atoms with van der Waals surface area (Å²) in [5.41, 5.74) is 4.23. The third-order valence-electron chi connectivity index (χ3n) is 3.51. The van der Waals surface area contributed by atoms with Crippen LogP contribution in [0.1, 0.15) is 43.4 Å². The Bertz CT molecular complexity index is 341. The van der Waals surface area contributed by atoms with Crippen LogP contribution in [-0.4, -0.2) is 13.1 Å². The van der Waals surface area contributed by atoms with Gasteiger partial charge in [-0.3, -0.25) is 0 Å². The topological polar surface area (TPSA) is 12.0 Å². The number of benzene rings is 1. The zero-order valence-corrected chi connectivity index (χ0v) is 11.5. The van der Waals surface area contributed by atoms with Crippen molar-refractivity contribution in [1.29, 1.82) is 0 Å². The lowest BCUT2D eigenvalue weighted by Crippen LogP contribution is -2.35. The standard InChI is InChI=1S/C15H25N/c1-10(2)15(16-6)13(5)14-8-7-11(3)9-12(14)4/h7-10,13,15-16H,1-6H3. The second kappa shape index (κ2) is 5.49. The van der Waals surface area contributed by atoms with Gasteiger partial charge in [-0.1, -0.05) is 44.5 Å². The Morgan fingerprint density at radius 3 is 2.12 bits per heavy atom. The highest BCUT2D eigenvalue weighted by molar-refractivity contribution is 5.33. The number of rotatable bonds is 4. The van der Waals surface area contributed by atoms with Crippen molar-refractivity contribution in [2.45, 2.75) is 46.6 Å². The molecule has 1 aromatic rings. The van der Waals surface area contributed by atoms with E-state index < -0.39 is 0 Å². The van der Waals surface area contributed by atoms with Gasteiger partial charge in [-0.15, -0.1) is 0 Å². The van der Waals surface area contributed by atoms with Gasteiger partial charge >= 0.3 is 0 Å². The molecule has 1 N–H and O–H groups in total. The second-order valence-corrected chi connectivity index (χ2v) is 5.21. The Hall–Kier alpha value is -0.820. The number of hydrogen-bond acceptors (Lipinski definition) is 1. The highest BCUT2D eigenvalue weighted by Crippen LogP contribution is 2.26. The second-order valence-electron chi connectivity index (χ2n) is 5.21. The zero-order chi connectivity index (χ0) is 12.3. The smallest absolute Gasteiger partial charge is 0.0153 e. The van der Waals surface area contributed by atoms with Crippen molar-refractivity contribution in [2.75, 3.05) is 7.05 Å². The van der Waals surface area contributed by atoms with E-state index in [2.05, 4.69) is 65.2 Å². The van der Waals surface area contributed by atoms with E-state index in [9.17, 15) is 0 Å². The van der Waals surface area contributed by atoms with Crippen molar-refractivity contribution in [3.05, 3.63) is 34.9 Å². The molecule has 1 nitrogen and oxygen atoms in total. The fraction of sp³-hybridized carbons (Fsp3) is 0.600. The lowest BCUT2D eigenvalue weighted by molar-refractivity contribution is 0.375. The first-order valence-corrected chi connectivity index (χ1v) is 6.21. The summed E-state index contributed by atoms with van der Waals surface area (Å²) in [6, 6.07) is 7.31.